The minimum Gasteiger partial charge on any atom is -0.468 e. The molecule has 98 valence electrons. The highest BCUT2D eigenvalue weighted by Crippen LogP contribution is 2.31. The van der Waals surface area contributed by atoms with E-state index >= 15 is 0 Å². The number of ether oxygens (including phenoxy) is 1. The molecule has 0 aromatic carbocycles. The van der Waals surface area contributed by atoms with Crippen molar-refractivity contribution in [1.82, 2.24) is 5.32 Å². The van der Waals surface area contributed by atoms with Gasteiger partial charge in [0.2, 0.25) is 0 Å². The van der Waals surface area contributed by atoms with E-state index in [4.69, 9.17) is 4.74 Å². The van der Waals surface area contributed by atoms with Crippen molar-refractivity contribution in [3.8, 4) is 0 Å². The Morgan fingerprint density at radius 1 is 1.24 bits per heavy atom. The summed E-state index contributed by atoms with van der Waals surface area (Å²) in [6.45, 7) is 0.796. The summed E-state index contributed by atoms with van der Waals surface area (Å²) in [5.41, 5.74) is 0. The van der Waals surface area contributed by atoms with E-state index in [1.807, 2.05) is 0 Å². The van der Waals surface area contributed by atoms with Gasteiger partial charge in [0.1, 0.15) is 15.9 Å². The van der Waals surface area contributed by atoms with Crippen molar-refractivity contribution in [2.24, 2.45) is 11.8 Å². The number of esters is 1. The predicted molar refractivity (Wildman–Crippen MR) is 63.3 cm³/mol. The van der Waals surface area contributed by atoms with Gasteiger partial charge in [-0.2, -0.15) is 0 Å². The number of hydrogen-bond acceptors (Lipinski definition) is 5. The fourth-order valence-electron chi connectivity index (χ4n) is 2.82. The van der Waals surface area contributed by atoms with Crippen LogP contribution in [0.3, 0.4) is 0 Å². The summed E-state index contributed by atoms with van der Waals surface area (Å²) >= 11 is 0. The molecule has 0 bridgehead atoms. The summed E-state index contributed by atoms with van der Waals surface area (Å²) < 4.78 is 27.4. The Labute approximate surface area is 102 Å². The third-order valence-corrected chi connectivity index (χ3v) is 5.63. The minimum atomic E-state index is -2.79. The first kappa shape index (κ1) is 12.8. The van der Waals surface area contributed by atoms with E-state index in [9.17, 15) is 13.2 Å². The molecule has 0 aliphatic carbocycles. The summed E-state index contributed by atoms with van der Waals surface area (Å²) in [5.74, 6) is 1.24. The molecule has 0 aromatic heterocycles. The first-order valence-electron chi connectivity index (χ1n) is 6.03. The van der Waals surface area contributed by atoms with E-state index in [1.165, 1.54) is 7.11 Å². The Balaban J connectivity index is 1.87. The standard InChI is InChI=1S/C11H19NO4S/c1-16-11(13)10-6-9(7-12-10)8-2-4-17(14,15)5-3-8/h8-10,12H,2-7H2,1H3. The van der Waals surface area contributed by atoms with E-state index in [-0.39, 0.29) is 12.0 Å². The number of carbonyl (C=O) groups excluding carboxylic acids is 1. The summed E-state index contributed by atoms with van der Waals surface area (Å²) in [6, 6.07) is -0.205. The van der Waals surface area contributed by atoms with Crippen molar-refractivity contribution in [3.63, 3.8) is 0 Å². The lowest BCUT2D eigenvalue weighted by atomic mass is 9.86. The van der Waals surface area contributed by atoms with Crippen LogP contribution >= 0.6 is 0 Å². The molecule has 0 amide bonds. The van der Waals surface area contributed by atoms with Gasteiger partial charge in [0, 0.05) is 0 Å². The molecule has 0 spiro atoms. The fraction of sp³-hybridized carbons (Fsp3) is 0.909. The highest BCUT2D eigenvalue weighted by atomic mass is 32.2. The maximum atomic E-state index is 11.4. The second-order valence-corrected chi connectivity index (χ2v) is 7.27. The third kappa shape index (κ3) is 2.98. The van der Waals surface area contributed by atoms with Crippen molar-refractivity contribution in [2.75, 3.05) is 25.2 Å². The van der Waals surface area contributed by atoms with Crippen LogP contribution in [0.25, 0.3) is 0 Å². The van der Waals surface area contributed by atoms with E-state index in [0.717, 1.165) is 25.8 Å². The van der Waals surface area contributed by atoms with Crippen LogP contribution in [0, 0.1) is 11.8 Å². The average Bonchev–Trinajstić information content (AvgIpc) is 2.77. The molecule has 0 radical (unpaired) electrons. The zero-order chi connectivity index (χ0) is 12.5. The number of sulfone groups is 1. The lowest BCUT2D eigenvalue weighted by Crippen LogP contribution is -2.31. The van der Waals surface area contributed by atoms with Crippen molar-refractivity contribution >= 4 is 15.8 Å². The zero-order valence-corrected chi connectivity index (χ0v) is 10.8. The van der Waals surface area contributed by atoms with Crippen molar-refractivity contribution in [2.45, 2.75) is 25.3 Å². The van der Waals surface area contributed by atoms with Crippen molar-refractivity contribution < 1.29 is 17.9 Å². The smallest absolute Gasteiger partial charge is 0.322 e. The van der Waals surface area contributed by atoms with Gasteiger partial charge in [0.25, 0.3) is 0 Å². The molecule has 0 saturated carbocycles. The fourth-order valence-corrected chi connectivity index (χ4v) is 4.35. The van der Waals surface area contributed by atoms with Crippen molar-refractivity contribution in [1.29, 1.82) is 0 Å². The molecule has 2 atom stereocenters. The topological polar surface area (TPSA) is 72.5 Å². The van der Waals surface area contributed by atoms with Crippen molar-refractivity contribution in [3.05, 3.63) is 0 Å². The van der Waals surface area contributed by atoms with Crippen LogP contribution in [0.4, 0.5) is 0 Å². The summed E-state index contributed by atoms with van der Waals surface area (Å²) in [7, 11) is -1.40. The Morgan fingerprint density at radius 3 is 2.47 bits per heavy atom. The second kappa shape index (κ2) is 4.94. The number of nitrogens with one attached hydrogen (secondary N) is 1. The molecule has 2 aliphatic rings. The molecule has 1 N–H and O–H groups in total. The van der Waals surface area contributed by atoms with Gasteiger partial charge in [-0.15, -0.1) is 0 Å². The molecule has 0 aromatic rings. The van der Waals surface area contributed by atoms with Gasteiger partial charge >= 0.3 is 5.97 Å². The number of carbonyl (C=O) groups is 1. The Morgan fingerprint density at radius 2 is 1.88 bits per heavy atom. The summed E-state index contributed by atoms with van der Waals surface area (Å²) in [6.07, 6.45) is 2.25. The van der Waals surface area contributed by atoms with Gasteiger partial charge in [-0.25, -0.2) is 8.42 Å². The molecular formula is C11H19NO4S. The lowest BCUT2D eigenvalue weighted by Gasteiger charge is -2.26. The highest BCUT2D eigenvalue weighted by molar-refractivity contribution is 7.91. The average molecular weight is 261 g/mol. The van der Waals surface area contributed by atoms with Gasteiger partial charge in [-0.3, -0.25) is 4.79 Å². The SMILES string of the molecule is COC(=O)C1CC(C2CCS(=O)(=O)CC2)CN1. The molecule has 2 unspecified atom stereocenters. The number of rotatable bonds is 2. The maximum Gasteiger partial charge on any atom is 0.322 e. The Kier molecular flexibility index (Phi) is 3.73. The van der Waals surface area contributed by atoms with Gasteiger partial charge in [-0.05, 0) is 37.6 Å². The normalized spacial score (nSPS) is 33.5. The van der Waals surface area contributed by atoms with Gasteiger partial charge in [0.05, 0.1) is 18.6 Å². The summed E-state index contributed by atoms with van der Waals surface area (Å²) in [5, 5.41) is 3.15. The Bertz CT molecular complexity index is 378. The molecule has 5 nitrogen and oxygen atoms in total. The third-order valence-electron chi connectivity index (χ3n) is 3.92. The lowest BCUT2D eigenvalue weighted by molar-refractivity contribution is -0.142. The Hall–Kier alpha value is -0.620. The van der Waals surface area contributed by atoms with E-state index in [0.29, 0.717) is 23.3 Å². The van der Waals surface area contributed by atoms with E-state index < -0.39 is 9.84 Å². The first-order valence-corrected chi connectivity index (χ1v) is 7.85. The predicted octanol–water partition coefficient (Wildman–Crippen LogP) is -0.0377. The largest absolute Gasteiger partial charge is 0.468 e. The molecular weight excluding hydrogens is 242 g/mol. The van der Waals surface area contributed by atoms with Gasteiger partial charge < -0.3 is 10.1 Å². The molecule has 2 rings (SSSR count). The van der Waals surface area contributed by atoms with Crippen LogP contribution in [0.2, 0.25) is 0 Å². The molecule has 2 aliphatic heterocycles. The minimum absolute atomic E-state index is 0.205. The number of methoxy groups -OCH3 is 1. The van der Waals surface area contributed by atoms with Gasteiger partial charge in [-0.1, -0.05) is 0 Å². The summed E-state index contributed by atoms with van der Waals surface area (Å²) in [4.78, 5) is 11.4. The molecule has 17 heavy (non-hydrogen) atoms. The van der Waals surface area contributed by atoms with Gasteiger partial charge in [0.15, 0.2) is 0 Å². The van der Waals surface area contributed by atoms with E-state index in [1.54, 1.807) is 0 Å². The monoisotopic (exact) mass is 261 g/mol. The van der Waals surface area contributed by atoms with Crippen LogP contribution in [-0.2, 0) is 19.4 Å². The maximum absolute atomic E-state index is 11.4. The zero-order valence-electron chi connectivity index (χ0n) is 10.0. The quantitative estimate of drug-likeness (QED) is 0.706. The van der Waals surface area contributed by atoms with Crippen LogP contribution in [0.15, 0.2) is 0 Å². The number of hydrogen-bond donors (Lipinski definition) is 1. The van der Waals surface area contributed by atoms with Crippen LogP contribution in [0.5, 0.6) is 0 Å². The van der Waals surface area contributed by atoms with Crippen LogP contribution in [0.1, 0.15) is 19.3 Å². The molecule has 2 heterocycles. The van der Waals surface area contributed by atoms with Crippen LogP contribution in [-0.4, -0.2) is 45.6 Å². The second-order valence-electron chi connectivity index (χ2n) is 4.97. The highest BCUT2D eigenvalue weighted by Gasteiger charge is 2.36. The van der Waals surface area contributed by atoms with Crippen LogP contribution < -0.4 is 5.32 Å². The molecule has 2 fully saturated rings. The molecule has 2 saturated heterocycles. The van der Waals surface area contributed by atoms with E-state index in [2.05, 4.69) is 5.32 Å². The first-order chi connectivity index (χ1) is 8.02. The molecule has 6 heteroatoms.